The molecule has 0 aliphatic rings. The van der Waals surface area contributed by atoms with Crippen molar-refractivity contribution in [1.29, 1.82) is 0 Å². The van der Waals surface area contributed by atoms with Gasteiger partial charge in [-0.3, -0.25) is 0 Å². The quantitative estimate of drug-likeness (QED) is 0.604. The Bertz CT molecular complexity index is 136. The molecule has 1 N–H and O–H groups in total. The summed E-state index contributed by atoms with van der Waals surface area (Å²) >= 11 is 0. The van der Waals surface area contributed by atoms with Crippen molar-refractivity contribution in [2.24, 2.45) is 11.3 Å². The topological polar surface area (TPSA) is 12.0 Å². The molecule has 0 heterocycles. The maximum absolute atomic E-state index is 3.33. The lowest BCUT2D eigenvalue weighted by atomic mass is 9.74. The average Bonchev–Trinajstić information content (AvgIpc) is 2.17. The third-order valence-electron chi connectivity index (χ3n) is 3.56. The molecule has 0 saturated carbocycles. The van der Waals surface area contributed by atoms with Crippen molar-refractivity contribution >= 4 is 0 Å². The van der Waals surface area contributed by atoms with Crippen LogP contribution in [0, 0.1) is 11.3 Å². The zero-order chi connectivity index (χ0) is 11.7. The maximum Gasteiger partial charge on any atom is -0.00234 e. The Balaban J connectivity index is 4.22. The molecule has 0 aliphatic heterocycles. The maximum atomic E-state index is 3.33. The van der Waals surface area contributed by atoms with Crippen molar-refractivity contribution in [3.05, 3.63) is 0 Å². The molecule has 0 aromatic rings. The molecular weight excluding hydrogens is 182 g/mol. The third-order valence-corrected chi connectivity index (χ3v) is 3.56. The van der Waals surface area contributed by atoms with Crippen molar-refractivity contribution in [3.8, 4) is 0 Å². The van der Waals surface area contributed by atoms with Crippen molar-refractivity contribution in [2.45, 2.75) is 66.2 Å². The number of nitrogens with one attached hydrogen (secondary N) is 1. The molecule has 0 aromatic heterocycles. The lowest BCUT2D eigenvalue weighted by Gasteiger charge is -2.33. The summed E-state index contributed by atoms with van der Waals surface area (Å²) in [6.07, 6.45) is 8.14. The summed E-state index contributed by atoms with van der Waals surface area (Å²) in [7, 11) is 2.07. The lowest BCUT2D eigenvalue weighted by Crippen LogP contribution is -2.26. The van der Waals surface area contributed by atoms with E-state index in [4.69, 9.17) is 0 Å². The van der Waals surface area contributed by atoms with Crippen LogP contribution >= 0.6 is 0 Å². The van der Waals surface area contributed by atoms with E-state index >= 15 is 0 Å². The summed E-state index contributed by atoms with van der Waals surface area (Å²) in [4.78, 5) is 0. The zero-order valence-corrected chi connectivity index (χ0v) is 11.5. The molecule has 0 aromatic carbocycles. The van der Waals surface area contributed by atoms with Gasteiger partial charge in [0.15, 0.2) is 0 Å². The molecule has 0 fully saturated rings. The van der Waals surface area contributed by atoms with Gasteiger partial charge in [-0.1, -0.05) is 47.0 Å². The normalized spacial score (nSPS) is 14.2. The Morgan fingerprint density at radius 2 is 1.60 bits per heavy atom. The Kier molecular flexibility index (Phi) is 8.13. The summed E-state index contributed by atoms with van der Waals surface area (Å²) in [6.45, 7) is 10.6. The summed E-state index contributed by atoms with van der Waals surface area (Å²) in [5.74, 6) is 0.859. The summed E-state index contributed by atoms with van der Waals surface area (Å²) in [5, 5.41) is 3.33. The largest absolute Gasteiger partial charge is 0.319 e. The molecule has 92 valence electrons. The van der Waals surface area contributed by atoms with Gasteiger partial charge in [-0.2, -0.15) is 0 Å². The van der Waals surface area contributed by atoms with Gasteiger partial charge in [-0.15, -0.1) is 0 Å². The van der Waals surface area contributed by atoms with Crippen LogP contribution in [0.3, 0.4) is 0 Å². The van der Waals surface area contributed by atoms with Crippen LogP contribution in [0.5, 0.6) is 0 Å². The second-order valence-corrected chi connectivity index (χ2v) is 5.35. The van der Waals surface area contributed by atoms with E-state index in [0.29, 0.717) is 5.41 Å². The first-order chi connectivity index (χ1) is 7.11. The minimum Gasteiger partial charge on any atom is -0.319 e. The molecule has 1 atom stereocenters. The van der Waals surface area contributed by atoms with E-state index in [0.717, 1.165) is 5.92 Å². The van der Waals surface area contributed by atoms with Crippen molar-refractivity contribution in [3.63, 3.8) is 0 Å². The van der Waals surface area contributed by atoms with Crippen LogP contribution in [-0.2, 0) is 0 Å². The first kappa shape index (κ1) is 15.0. The molecule has 0 saturated heterocycles. The molecule has 1 heteroatoms. The van der Waals surface area contributed by atoms with Crippen LogP contribution in [0.4, 0.5) is 0 Å². The standard InChI is InChI=1S/C14H31N/c1-6-9-14(4,10-7-2)11-13(8-3)12-15-5/h13,15H,6-12H2,1-5H3. The highest BCUT2D eigenvalue weighted by atomic mass is 14.8. The van der Waals surface area contributed by atoms with Gasteiger partial charge in [0.05, 0.1) is 0 Å². The molecular formula is C14H31N. The second kappa shape index (κ2) is 8.15. The number of hydrogen-bond acceptors (Lipinski definition) is 1. The van der Waals surface area contributed by atoms with Crippen molar-refractivity contribution in [2.75, 3.05) is 13.6 Å². The van der Waals surface area contributed by atoms with Gasteiger partial charge in [0.2, 0.25) is 0 Å². The van der Waals surface area contributed by atoms with E-state index in [2.05, 4.69) is 40.1 Å². The third kappa shape index (κ3) is 6.19. The van der Waals surface area contributed by atoms with Crippen LogP contribution < -0.4 is 5.32 Å². The minimum absolute atomic E-state index is 0.584. The predicted molar refractivity (Wildman–Crippen MR) is 70.2 cm³/mol. The SMILES string of the molecule is CCCC(C)(CCC)CC(CC)CNC. The van der Waals surface area contributed by atoms with Gasteiger partial charge in [0.1, 0.15) is 0 Å². The highest BCUT2D eigenvalue weighted by Crippen LogP contribution is 2.36. The molecule has 1 nitrogen and oxygen atoms in total. The molecule has 15 heavy (non-hydrogen) atoms. The molecule has 0 rings (SSSR count). The van der Waals surface area contributed by atoms with Crippen LogP contribution in [0.15, 0.2) is 0 Å². The monoisotopic (exact) mass is 213 g/mol. The molecule has 0 spiro atoms. The van der Waals surface area contributed by atoms with Crippen molar-refractivity contribution in [1.82, 2.24) is 5.32 Å². The van der Waals surface area contributed by atoms with Crippen LogP contribution in [0.25, 0.3) is 0 Å². The lowest BCUT2D eigenvalue weighted by molar-refractivity contribution is 0.195. The predicted octanol–water partition coefficient (Wildman–Crippen LogP) is 4.23. The van der Waals surface area contributed by atoms with Gasteiger partial charge >= 0.3 is 0 Å². The Morgan fingerprint density at radius 1 is 1.07 bits per heavy atom. The fraction of sp³-hybridized carbons (Fsp3) is 1.00. The fourth-order valence-electron chi connectivity index (χ4n) is 2.88. The van der Waals surface area contributed by atoms with Crippen LogP contribution in [0.1, 0.15) is 66.2 Å². The highest BCUT2D eigenvalue weighted by Gasteiger charge is 2.25. The van der Waals surface area contributed by atoms with E-state index in [1.807, 2.05) is 0 Å². The summed E-state index contributed by atoms with van der Waals surface area (Å²) < 4.78 is 0. The molecule has 0 amide bonds. The van der Waals surface area contributed by atoms with Gasteiger partial charge < -0.3 is 5.32 Å². The van der Waals surface area contributed by atoms with E-state index in [1.54, 1.807) is 0 Å². The molecule has 0 radical (unpaired) electrons. The molecule has 1 unspecified atom stereocenters. The Morgan fingerprint density at radius 3 is 1.93 bits per heavy atom. The summed E-state index contributed by atoms with van der Waals surface area (Å²) in [6, 6.07) is 0. The average molecular weight is 213 g/mol. The van der Waals surface area contributed by atoms with Gasteiger partial charge in [-0.25, -0.2) is 0 Å². The first-order valence-electron chi connectivity index (χ1n) is 6.76. The fourth-order valence-corrected chi connectivity index (χ4v) is 2.88. The smallest absolute Gasteiger partial charge is 0.00234 e. The molecule has 0 bridgehead atoms. The first-order valence-corrected chi connectivity index (χ1v) is 6.76. The van der Waals surface area contributed by atoms with Gasteiger partial charge in [0, 0.05) is 0 Å². The second-order valence-electron chi connectivity index (χ2n) is 5.35. The molecule has 0 aliphatic carbocycles. The van der Waals surface area contributed by atoms with Gasteiger partial charge in [0.25, 0.3) is 0 Å². The number of rotatable bonds is 9. The number of hydrogen-bond donors (Lipinski definition) is 1. The Hall–Kier alpha value is -0.0400. The minimum atomic E-state index is 0.584. The van der Waals surface area contributed by atoms with Crippen LogP contribution in [-0.4, -0.2) is 13.6 Å². The van der Waals surface area contributed by atoms with E-state index in [1.165, 1.54) is 45.1 Å². The highest BCUT2D eigenvalue weighted by molar-refractivity contribution is 4.77. The van der Waals surface area contributed by atoms with Crippen molar-refractivity contribution < 1.29 is 0 Å². The van der Waals surface area contributed by atoms with E-state index in [9.17, 15) is 0 Å². The zero-order valence-electron chi connectivity index (χ0n) is 11.5. The van der Waals surface area contributed by atoms with Gasteiger partial charge in [-0.05, 0) is 44.2 Å². The van der Waals surface area contributed by atoms with E-state index in [-0.39, 0.29) is 0 Å². The summed E-state index contributed by atoms with van der Waals surface area (Å²) in [5.41, 5.74) is 0.584. The van der Waals surface area contributed by atoms with Crippen LogP contribution in [0.2, 0.25) is 0 Å². The van der Waals surface area contributed by atoms with E-state index < -0.39 is 0 Å². The Labute approximate surface area is 97.0 Å².